The first-order chi connectivity index (χ1) is 10.0. The Morgan fingerprint density at radius 2 is 2.10 bits per heavy atom. The van der Waals surface area contributed by atoms with E-state index in [4.69, 9.17) is 5.73 Å². The second kappa shape index (κ2) is 5.50. The molecule has 0 spiro atoms. The Hall–Kier alpha value is -1.85. The molecule has 1 unspecified atom stereocenters. The lowest BCUT2D eigenvalue weighted by Crippen LogP contribution is -2.08. The summed E-state index contributed by atoms with van der Waals surface area (Å²) in [5, 5.41) is 9.98. The van der Waals surface area contributed by atoms with E-state index in [-0.39, 0.29) is 0 Å². The summed E-state index contributed by atoms with van der Waals surface area (Å²) >= 11 is 3.48. The van der Waals surface area contributed by atoms with Crippen molar-refractivity contribution in [3.05, 3.63) is 58.3 Å². The molecule has 21 heavy (non-hydrogen) atoms. The van der Waals surface area contributed by atoms with E-state index in [9.17, 15) is 5.11 Å². The van der Waals surface area contributed by atoms with Gasteiger partial charge in [-0.3, -0.25) is 0 Å². The molecule has 1 heterocycles. The number of aromatic nitrogens is 2. The Labute approximate surface area is 131 Å². The van der Waals surface area contributed by atoms with Crippen LogP contribution in [0.2, 0.25) is 0 Å². The monoisotopic (exact) mass is 345 g/mol. The van der Waals surface area contributed by atoms with Gasteiger partial charge in [0, 0.05) is 16.7 Å². The number of anilines is 1. The van der Waals surface area contributed by atoms with Gasteiger partial charge in [-0.15, -0.1) is 0 Å². The standard InChI is InChI=1S/C16H16BrN3O/c1-10(21)16-19-14-8-13(18)5-6-15(14)20(16)9-11-3-2-4-12(17)7-11/h2-8,10,21H,9,18H2,1H3. The lowest BCUT2D eigenvalue weighted by molar-refractivity contribution is 0.185. The summed E-state index contributed by atoms with van der Waals surface area (Å²) in [4.78, 5) is 4.51. The molecule has 3 N–H and O–H groups in total. The molecule has 2 aromatic carbocycles. The van der Waals surface area contributed by atoms with Crippen LogP contribution < -0.4 is 5.73 Å². The van der Waals surface area contributed by atoms with Crippen molar-refractivity contribution >= 4 is 32.7 Å². The predicted molar refractivity (Wildman–Crippen MR) is 88.0 cm³/mol. The third-order valence-electron chi connectivity index (χ3n) is 3.41. The number of aliphatic hydroxyl groups is 1. The highest BCUT2D eigenvalue weighted by Gasteiger charge is 2.15. The molecule has 0 aliphatic rings. The summed E-state index contributed by atoms with van der Waals surface area (Å²) in [7, 11) is 0. The van der Waals surface area contributed by atoms with Gasteiger partial charge in [0.1, 0.15) is 11.9 Å². The van der Waals surface area contributed by atoms with Crippen molar-refractivity contribution in [3.63, 3.8) is 0 Å². The Bertz CT molecular complexity index is 795. The lowest BCUT2D eigenvalue weighted by Gasteiger charge is -2.11. The average molecular weight is 346 g/mol. The lowest BCUT2D eigenvalue weighted by atomic mass is 10.2. The third kappa shape index (κ3) is 2.80. The van der Waals surface area contributed by atoms with Gasteiger partial charge in [-0.05, 0) is 42.8 Å². The van der Waals surface area contributed by atoms with E-state index in [0.29, 0.717) is 18.1 Å². The zero-order chi connectivity index (χ0) is 15.0. The van der Waals surface area contributed by atoms with E-state index in [1.807, 2.05) is 34.9 Å². The summed E-state index contributed by atoms with van der Waals surface area (Å²) in [5.74, 6) is 0.649. The molecule has 5 heteroatoms. The van der Waals surface area contributed by atoms with Crippen LogP contribution in [0.4, 0.5) is 5.69 Å². The van der Waals surface area contributed by atoms with Gasteiger partial charge in [-0.25, -0.2) is 4.98 Å². The van der Waals surface area contributed by atoms with Gasteiger partial charge in [-0.1, -0.05) is 28.1 Å². The topological polar surface area (TPSA) is 64.1 Å². The van der Waals surface area contributed by atoms with E-state index in [1.54, 1.807) is 6.92 Å². The van der Waals surface area contributed by atoms with Crippen molar-refractivity contribution in [1.82, 2.24) is 9.55 Å². The van der Waals surface area contributed by atoms with Gasteiger partial charge >= 0.3 is 0 Å². The van der Waals surface area contributed by atoms with Gasteiger partial charge in [0.25, 0.3) is 0 Å². The number of rotatable bonds is 3. The van der Waals surface area contributed by atoms with Crippen LogP contribution >= 0.6 is 15.9 Å². The minimum absolute atomic E-state index is 0.634. The van der Waals surface area contributed by atoms with Crippen LogP contribution in [0.1, 0.15) is 24.4 Å². The number of aliphatic hydroxyl groups excluding tert-OH is 1. The maximum Gasteiger partial charge on any atom is 0.138 e. The molecule has 3 rings (SSSR count). The number of halogens is 1. The Balaban J connectivity index is 2.13. The summed E-state index contributed by atoms with van der Waals surface area (Å²) in [5.41, 5.74) is 9.41. The van der Waals surface area contributed by atoms with Gasteiger partial charge in [0.2, 0.25) is 0 Å². The Morgan fingerprint density at radius 3 is 2.81 bits per heavy atom. The molecule has 108 valence electrons. The zero-order valence-electron chi connectivity index (χ0n) is 11.6. The van der Waals surface area contributed by atoms with Crippen molar-refractivity contribution < 1.29 is 5.11 Å². The molecule has 1 atom stereocenters. The Morgan fingerprint density at radius 1 is 1.29 bits per heavy atom. The first-order valence-corrected chi connectivity index (χ1v) is 7.52. The highest BCUT2D eigenvalue weighted by atomic mass is 79.9. The number of nitrogens with two attached hydrogens (primary N) is 1. The number of fused-ring (bicyclic) bond motifs is 1. The predicted octanol–water partition coefficient (Wildman–Crippen LogP) is 3.48. The fraction of sp³-hybridized carbons (Fsp3) is 0.188. The smallest absolute Gasteiger partial charge is 0.138 e. The van der Waals surface area contributed by atoms with Gasteiger partial charge < -0.3 is 15.4 Å². The number of nitrogen functional groups attached to an aromatic ring is 1. The van der Waals surface area contributed by atoms with Gasteiger partial charge in [0.05, 0.1) is 11.0 Å². The highest BCUT2D eigenvalue weighted by molar-refractivity contribution is 9.10. The van der Waals surface area contributed by atoms with E-state index >= 15 is 0 Å². The molecule has 0 aliphatic carbocycles. The minimum Gasteiger partial charge on any atom is -0.399 e. The molecule has 0 amide bonds. The SMILES string of the molecule is CC(O)c1nc2cc(N)ccc2n1Cc1cccc(Br)c1. The fourth-order valence-electron chi connectivity index (χ4n) is 2.47. The molecule has 0 saturated heterocycles. The minimum atomic E-state index is -0.634. The second-order valence-corrected chi connectivity index (χ2v) is 6.03. The molecule has 3 aromatic rings. The molecule has 0 fully saturated rings. The quantitative estimate of drug-likeness (QED) is 0.714. The highest BCUT2D eigenvalue weighted by Crippen LogP contribution is 2.24. The van der Waals surface area contributed by atoms with Crippen LogP contribution in [-0.2, 0) is 6.54 Å². The molecule has 1 aromatic heterocycles. The van der Waals surface area contributed by atoms with Crippen LogP contribution in [0.3, 0.4) is 0 Å². The number of benzene rings is 2. The van der Waals surface area contributed by atoms with Crippen molar-refractivity contribution in [2.75, 3.05) is 5.73 Å². The molecular formula is C16H16BrN3O. The fourth-order valence-corrected chi connectivity index (χ4v) is 2.92. The normalized spacial score (nSPS) is 12.7. The van der Waals surface area contributed by atoms with Crippen LogP contribution in [0.5, 0.6) is 0 Å². The molecule has 0 aliphatic heterocycles. The van der Waals surface area contributed by atoms with E-state index in [1.165, 1.54) is 0 Å². The van der Waals surface area contributed by atoms with Crippen molar-refractivity contribution in [3.8, 4) is 0 Å². The second-order valence-electron chi connectivity index (χ2n) is 5.11. The van der Waals surface area contributed by atoms with Gasteiger partial charge in [-0.2, -0.15) is 0 Å². The zero-order valence-corrected chi connectivity index (χ0v) is 13.2. The molecular weight excluding hydrogens is 330 g/mol. The number of imidazole rings is 1. The number of nitrogens with zero attached hydrogens (tertiary/aromatic N) is 2. The third-order valence-corrected chi connectivity index (χ3v) is 3.90. The summed E-state index contributed by atoms with van der Waals surface area (Å²) < 4.78 is 3.06. The molecule has 0 radical (unpaired) electrons. The Kier molecular flexibility index (Phi) is 3.69. The van der Waals surface area contributed by atoms with Crippen LogP contribution in [0, 0.1) is 0 Å². The average Bonchev–Trinajstić information content (AvgIpc) is 2.77. The maximum absolute atomic E-state index is 9.98. The van der Waals surface area contributed by atoms with Gasteiger partial charge in [0.15, 0.2) is 0 Å². The van der Waals surface area contributed by atoms with E-state index in [0.717, 1.165) is 21.1 Å². The van der Waals surface area contributed by atoms with Crippen molar-refractivity contribution in [2.24, 2.45) is 0 Å². The maximum atomic E-state index is 9.98. The van der Waals surface area contributed by atoms with Crippen molar-refractivity contribution in [2.45, 2.75) is 19.6 Å². The van der Waals surface area contributed by atoms with E-state index in [2.05, 4.69) is 33.0 Å². The number of hydrogen-bond acceptors (Lipinski definition) is 3. The summed E-state index contributed by atoms with van der Waals surface area (Å²) in [6.07, 6.45) is -0.634. The molecule has 0 saturated carbocycles. The summed E-state index contributed by atoms with van der Waals surface area (Å²) in [6.45, 7) is 2.38. The summed E-state index contributed by atoms with van der Waals surface area (Å²) in [6, 6.07) is 13.7. The molecule has 0 bridgehead atoms. The molecule has 4 nitrogen and oxygen atoms in total. The van der Waals surface area contributed by atoms with E-state index < -0.39 is 6.10 Å². The van der Waals surface area contributed by atoms with Crippen LogP contribution in [0.25, 0.3) is 11.0 Å². The first-order valence-electron chi connectivity index (χ1n) is 6.73. The van der Waals surface area contributed by atoms with Crippen LogP contribution in [-0.4, -0.2) is 14.7 Å². The largest absolute Gasteiger partial charge is 0.399 e. The number of hydrogen-bond donors (Lipinski definition) is 2. The van der Waals surface area contributed by atoms with Crippen LogP contribution in [0.15, 0.2) is 46.9 Å². The van der Waals surface area contributed by atoms with Crippen molar-refractivity contribution in [1.29, 1.82) is 0 Å². The first kappa shape index (κ1) is 14.1.